The Morgan fingerprint density at radius 1 is 1.13 bits per heavy atom. The highest BCUT2D eigenvalue weighted by Crippen LogP contribution is 2.38. The van der Waals surface area contributed by atoms with Gasteiger partial charge in [0.25, 0.3) is 5.56 Å². The summed E-state index contributed by atoms with van der Waals surface area (Å²) in [5.74, 6) is 0.545. The van der Waals surface area contributed by atoms with Crippen LogP contribution in [0.1, 0.15) is 49.5 Å². The first-order valence-corrected chi connectivity index (χ1v) is 11.4. The van der Waals surface area contributed by atoms with Crippen molar-refractivity contribution >= 4 is 28.4 Å². The molecule has 0 unspecified atom stereocenters. The number of para-hydroxylation sites is 1. The number of Topliss-reactive ketones (excluding diaryl/α,β-unsaturated/α-hetero) is 1. The van der Waals surface area contributed by atoms with Gasteiger partial charge in [-0.25, -0.2) is 9.37 Å². The number of benzene rings is 2. The first-order valence-electron chi connectivity index (χ1n) is 10.4. The second-order valence-electron chi connectivity index (χ2n) is 8.14. The van der Waals surface area contributed by atoms with E-state index in [2.05, 4.69) is 13.8 Å². The van der Waals surface area contributed by atoms with Crippen molar-refractivity contribution in [2.75, 3.05) is 5.75 Å². The average molecular weight is 425 g/mol. The summed E-state index contributed by atoms with van der Waals surface area (Å²) in [5, 5.41) is 1.19. The number of aromatic nitrogens is 2. The maximum atomic E-state index is 13.4. The first-order chi connectivity index (χ1) is 14.5. The smallest absolute Gasteiger partial charge is 0.262 e. The summed E-state index contributed by atoms with van der Waals surface area (Å²) in [6.07, 6.45) is 3.18. The van der Waals surface area contributed by atoms with Crippen LogP contribution in [-0.2, 0) is 0 Å². The summed E-state index contributed by atoms with van der Waals surface area (Å²) in [4.78, 5) is 30.8. The molecule has 1 heterocycles. The topological polar surface area (TPSA) is 52.0 Å². The molecule has 0 saturated heterocycles. The van der Waals surface area contributed by atoms with Crippen LogP contribution in [-0.4, -0.2) is 21.1 Å². The second kappa shape index (κ2) is 8.72. The van der Waals surface area contributed by atoms with Crippen molar-refractivity contribution in [2.24, 2.45) is 11.8 Å². The van der Waals surface area contributed by atoms with Crippen molar-refractivity contribution in [3.8, 4) is 0 Å². The number of nitrogens with zero attached hydrogens (tertiary/aromatic N) is 2. The van der Waals surface area contributed by atoms with Gasteiger partial charge in [0, 0.05) is 11.6 Å². The molecule has 0 radical (unpaired) electrons. The van der Waals surface area contributed by atoms with Gasteiger partial charge in [-0.1, -0.05) is 50.6 Å². The lowest BCUT2D eigenvalue weighted by Crippen LogP contribution is -2.35. The van der Waals surface area contributed by atoms with E-state index >= 15 is 0 Å². The van der Waals surface area contributed by atoms with Gasteiger partial charge in [0.1, 0.15) is 5.82 Å². The molecule has 0 aliphatic heterocycles. The van der Waals surface area contributed by atoms with Gasteiger partial charge in [0.2, 0.25) is 0 Å². The number of thioether (sulfide) groups is 1. The van der Waals surface area contributed by atoms with Crippen LogP contribution in [0.3, 0.4) is 0 Å². The summed E-state index contributed by atoms with van der Waals surface area (Å²) < 4.78 is 15.0. The van der Waals surface area contributed by atoms with Crippen LogP contribution >= 0.6 is 11.8 Å². The predicted molar refractivity (Wildman–Crippen MR) is 119 cm³/mol. The zero-order chi connectivity index (χ0) is 21.3. The lowest BCUT2D eigenvalue weighted by atomic mass is 9.78. The fourth-order valence-corrected chi connectivity index (χ4v) is 5.23. The van der Waals surface area contributed by atoms with E-state index in [0.29, 0.717) is 33.5 Å². The monoisotopic (exact) mass is 424 g/mol. The minimum absolute atomic E-state index is 0.0386. The lowest BCUT2D eigenvalue weighted by Gasteiger charge is -2.36. The molecule has 3 aromatic rings. The van der Waals surface area contributed by atoms with E-state index in [1.807, 2.05) is 28.8 Å². The lowest BCUT2D eigenvalue weighted by molar-refractivity contribution is 0.102. The molecule has 3 atom stereocenters. The number of carbonyl (C=O) groups is 1. The number of halogens is 1. The number of rotatable bonds is 5. The zero-order valence-corrected chi connectivity index (χ0v) is 18.0. The Morgan fingerprint density at radius 3 is 2.63 bits per heavy atom. The largest absolute Gasteiger partial charge is 0.293 e. The molecule has 2 aromatic carbocycles. The minimum Gasteiger partial charge on any atom is -0.293 e. The third kappa shape index (κ3) is 4.06. The van der Waals surface area contributed by atoms with Crippen molar-refractivity contribution in [1.29, 1.82) is 0 Å². The van der Waals surface area contributed by atoms with Crippen molar-refractivity contribution in [1.82, 2.24) is 9.55 Å². The Kier molecular flexibility index (Phi) is 6.04. The first kappa shape index (κ1) is 20.8. The number of hydrogen-bond acceptors (Lipinski definition) is 4. The van der Waals surface area contributed by atoms with Crippen molar-refractivity contribution in [3.05, 3.63) is 70.3 Å². The van der Waals surface area contributed by atoms with E-state index in [9.17, 15) is 14.0 Å². The number of ketones is 1. The molecule has 1 saturated carbocycles. The molecule has 30 heavy (non-hydrogen) atoms. The summed E-state index contributed by atoms with van der Waals surface area (Å²) >= 11 is 1.29. The van der Waals surface area contributed by atoms with Crippen LogP contribution in [0.25, 0.3) is 10.9 Å². The van der Waals surface area contributed by atoms with Gasteiger partial charge >= 0.3 is 0 Å². The van der Waals surface area contributed by atoms with Crippen molar-refractivity contribution in [3.63, 3.8) is 0 Å². The van der Waals surface area contributed by atoms with Crippen LogP contribution in [0, 0.1) is 17.7 Å². The Labute approximate surface area is 179 Å². The van der Waals surface area contributed by atoms with Crippen LogP contribution in [0.4, 0.5) is 4.39 Å². The average Bonchev–Trinajstić information content (AvgIpc) is 2.75. The minimum atomic E-state index is -0.371. The number of carbonyl (C=O) groups excluding carboxylic acids is 1. The van der Waals surface area contributed by atoms with Crippen LogP contribution in [0.5, 0.6) is 0 Å². The molecule has 0 spiro atoms. The van der Waals surface area contributed by atoms with Gasteiger partial charge in [-0.3, -0.25) is 14.2 Å². The molecular formula is C24H25FN2O2S. The van der Waals surface area contributed by atoms with Gasteiger partial charge < -0.3 is 0 Å². The van der Waals surface area contributed by atoms with Crippen molar-refractivity contribution in [2.45, 2.75) is 44.3 Å². The molecule has 6 heteroatoms. The quantitative estimate of drug-likeness (QED) is 0.308. The normalized spacial score (nSPS) is 21.6. The SMILES string of the molecule is C[C@@H]1[C@H](C)CCC[C@@H]1n1c(SCC(=O)c2ccc(F)cc2)nc2ccccc2c1=O. The molecule has 0 amide bonds. The molecule has 0 N–H and O–H groups in total. The number of hydrogen-bond donors (Lipinski definition) is 0. The Balaban J connectivity index is 1.71. The second-order valence-corrected chi connectivity index (χ2v) is 9.08. The third-order valence-corrected chi connectivity index (χ3v) is 7.22. The van der Waals surface area contributed by atoms with Gasteiger partial charge in [-0.05, 0) is 54.7 Å². The Morgan fingerprint density at radius 2 is 1.87 bits per heavy atom. The van der Waals surface area contributed by atoms with E-state index in [4.69, 9.17) is 4.98 Å². The molecule has 0 bridgehead atoms. The van der Waals surface area contributed by atoms with Gasteiger partial charge in [-0.15, -0.1) is 0 Å². The summed E-state index contributed by atoms with van der Waals surface area (Å²) in [6, 6.07) is 13.0. The van der Waals surface area contributed by atoms with E-state index in [0.717, 1.165) is 12.8 Å². The predicted octanol–water partition coefficient (Wildman–Crippen LogP) is 5.51. The molecule has 4 nitrogen and oxygen atoms in total. The van der Waals surface area contributed by atoms with E-state index in [1.165, 1.54) is 42.4 Å². The molecule has 1 aromatic heterocycles. The van der Waals surface area contributed by atoms with Crippen LogP contribution in [0.15, 0.2) is 58.5 Å². The van der Waals surface area contributed by atoms with Crippen LogP contribution < -0.4 is 5.56 Å². The van der Waals surface area contributed by atoms with Gasteiger partial charge in [0.15, 0.2) is 10.9 Å². The van der Waals surface area contributed by atoms with Crippen molar-refractivity contribution < 1.29 is 9.18 Å². The summed E-state index contributed by atoms with van der Waals surface area (Å²) in [7, 11) is 0. The van der Waals surface area contributed by atoms with Crippen LogP contribution in [0.2, 0.25) is 0 Å². The fraction of sp³-hybridized carbons (Fsp3) is 0.375. The maximum absolute atomic E-state index is 13.4. The molecule has 156 valence electrons. The highest BCUT2D eigenvalue weighted by molar-refractivity contribution is 7.99. The van der Waals surface area contributed by atoms with E-state index in [-0.39, 0.29) is 29.0 Å². The molecule has 4 rings (SSSR count). The van der Waals surface area contributed by atoms with Gasteiger partial charge in [0.05, 0.1) is 16.7 Å². The standard InChI is InChI=1S/C24H25FN2O2S/c1-15-6-5-9-21(16(15)2)27-23(29)19-7-3-4-8-20(19)26-24(27)30-14-22(28)17-10-12-18(25)13-11-17/h3-4,7-8,10-13,15-16,21H,5-6,9,14H2,1-2H3/t15-,16-,21+/m1/s1. The molecule has 1 aliphatic rings. The highest BCUT2D eigenvalue weighted by atomic mass is 32.2. The fourth-order valence-electron chi connectivity index (χ4n) is 4.29. The molecule has 1 aliphatic carbocycles. The Hall–Kier alpha value is -2.47. The third-order valence-electron chi connectivity index (χ3n) is 6.27. The number of fused-ring (bicyclic) bond motifs is 1. The summed E-state index contributed by atoms with van der Waals surface area (Å²) in [6.45, 7) is 4.44. The van der Waals surface area contributed by atoms with E-state index < -0.39 is 0 Å². The highest BCUT2D eigenvalue weighted by Gasteiger charge is 2.31. The summed E-state index contributed by atoms with van der Waals surface area (Å²) in [5.41, 5.74) is 1.06. The van der Waals surface area contributed by atoms with E-state index in [1.54, 1.807) is 0 Å². The molecular weight excluding hydrogens is 399 g/mol. The maximum Gasteiger partial charge on any atom is 0.262 e. The zero-order valence-electron chi connectivity index (χ0n) is 17.2. The Bertz CT molecular complexity index is 1130. The molecule has 1 fully saturated rings. The van der Waals surface area contributed by atoms with Gasteiger partial charge in [-0.2, -0.15) is 0 Å².